The number of nitrogens with zero attached hydrogens (tertiary/aromatic N) is 3. The van der Waals surface area contributed by atoms with E-state index in [0.29, 0.717) is 6.42 Å². The molecule has 1 N–H and O–H groups in total. The van der Waals surface area contributed by atoms with Crippen LogP contribution in [0.4, 0.5) is 0 Å². The summed E-state index contributed by atoms with van der Waals surface area (Å²) in [5, 5.41) is 12.4. The summed E-state index contributed by atoms with van der Waals surface area (Å²) < 4.78 is 2.09. The van der Waals surface area contributed by atoms with Gasteiger partial charge in [0.05, 0.1) is 18.8 Å². The standard InChI is InChI=1S/C16H20N4/c17-9-8-16(15-6-2-1-3-7-15)19-10-4-5-12-20-13-11-18-14-20/h1-3,6-7,11,13-14,16,19H,4-5,8,10,12H2. The van der Waals surface area contributed by atoms with Crippen LogP contribution in [0.3, 0.4) is 0 Å². The van der Waals surface area contributed by atoms with E-state index in [4.69, 9.17) is 5.26 Å². The maximum absolute atomic E-state index is 8.93. The fraction of sp³-hybridized carbons (Fsp3) is 0.375. The molecule has 0 aliphatic rings. The first-order chi connectivity index (χ1) is 9.90. The van der Waals surface area contributed by atoms with E-state index < -0.39 is 0 Å². The average Bonchev–Trinajstić information content (AvgIpc) is 3.00. The number of aromatic nitrogens is 2. The quantitative estimate of drug-likeness (QED) is 0.749. The molecule has 0 fully saturated rings. The van der Waals surface area contributed by atoms with Gasteiger partial charge in [-0.1, -0.05) is 30.3 Å². The second-order valence-corrected chi connectivity index (χ2v) is 4.79. The summed E-state index contributed by atoms with van der Waals surface area (Å²) in [6.45, 7) is 1.92. The molecule has 1 unspecified atom stereocenters. The molecular weight excluding hydrogens is 248 g/mol. The molecule has 1 atom stereocenters. The zero-order valence-corrected chi connectivity index (χ0v) is 11.6. The van der Waals surface area contributed by atoms with Crippen molar-refractivity contribution in [2.45, 2.75) is 31.8 Å². The lowest BCUT2D eigenvalue weighted by atomic mass is 10.0. The molecule has 0 saturated carbocycles. The molecule has 2 aromatic rings. The van der Waals surface area contributed by atoms with Crippen LogP contribution in [0.25, 0.3) is 0 Å². The van der Waals surface area contributed by atoms with Crippen molar-refractivity contribution < 1.29 is 0 Å². The highest BCUT2D eigenvalue weighted by Crippen LogP contribution is 2.15. The van der Waals surface area contributed by atoms with Gasteiger partial charge in [0.1, 0.15) is 0 Å². The molecule has 104 valence electrons. The van der Waals surface area contributed by atoms with Gasteiger partial charge >= 0.3 is 0 Å². The molecule has 0 aliphatic heterocycles. The molecule has 1 aromatic heterocycles. The zero-order valence-electron chi connectivity index (χ0n) is 11.6. The molecule has 0 radical (unpaired) electrons. The van der Waals surface area contributed by atoms with Crippen molar-refractivity contribution in [3.05, 3.63) is 54.6 Å². The number of imidazole rings is 1. The molecule has 0 amide bonds. The van der Waals surface area contributed by atoms with E-state index in [2.05, 4.69) is 33.1 Å². The maximum atomic E-state index is 8.93. The topological polar surface area (TPSA) is 53.6 Å². The fourth-order valence-corrected chi connectivity index (χ4v) is 2.20. The highest BCUT2D eigenvalue weighted by molar-refractivity contribution is 5.19. The summed E-state index contributed by atoms with van der Waals surface area (Å²) in [6, 6.07) is 12.6. The lowest BCUT2D eigenvalue weighted by Gasteiger charge is -2.16. The van der Waals surface area contributed by atoms with Crippen molar-refractivity contribution in [1.82, 2.24) is 14.9 Å². The normalized spacial score (nSPS) is 11.9. The van der Waals surface area contributed by atoms with E-state index in [1.807, 2.05) is 30.7 Å². The van der Waals surface area contributed by atoms with E-state index >= 15 is 0 Å². The van der Waals surface area contributed by atoms with Gasteiger partial charge in [-0.25, -0.2) is 4.98 Å². The van der Waals surface area contributed by atoms with Gasteiger partial charge in [0, 0.05) is 25.0 Å². The van der Waals surface area contributed by atoms with Crippen LogP contribution in [-0.2, 0) is 6.54 Å². The van der Waals surface area contributed by atoms with Crippen LogP contribution in [0.5, 0.6) is 0 Å². The first-order valence-electron chi connectivity index (χ1n) is 7.01. The van der Waals surface area contributed by atoms with Crippen molar-refractivity contribution in [3.8, 4) is 6.07 Å². The number of nitrogens with one attached hydrogen (secondary N) is 1. The minimum Gasteiger partial charge on any atom is -0.337 e. The number of unbranched alkanes of at least 4 members (excludes halogenated alkanes) is 1. The van der Waals surface area contributed by atoms with Gasteiger partial charge in [-0.15, -0.1) is 0 Å². The number of hydrogen-bond acceptors (Lipinski definition) is 3. The predicted octanol–water partition coefficient (Wildman–Crippen LogP) is 2.91. The van der Waals surface area contributed by atoms with E-state index in [1.165, 1.54) is 5.56 Å². The van der Waals surface area contributed by atoms with Gasteiger partial charge in [0.2, 0.25) is 0 Å². The van der Waals surface area contributed by atoms with Crippen molar-refractivity contribution in [3.63, 3.8) is 0 Å². The molecule has 20 heavy (non-hydrogen) atoms. The van der Waals surface area contributed by atoms with Crippen LogP contribution >= 0.6 is 0 Å². The molecule has 2 rings (SSSR count). The number of hydrogen-bond donors (Lipinski definition) is 1. The summed E-state index contributed by atoms with van der Waals surface area (Å²) in [7, 11) is 0. The van der Waals surface area contributed by atoms with Gasteiger partial charge in [0.15, 0.2) is 0 Å². The Morgan fingerprint density at radius 3 is 2.80 bits per heavy atom. The van der Waals surface area contributed by atoms with E-state index in [9.17, 15) is 0 Å². The summed E-state index contributed by atoms with van der Waals surface area (Å²) in [6.07, 6.45) is 8.33. The van der Waals surface area contributed by atoms with Gasteiger partial charge in [-0.05, 0) is 24.9 Å². The van der Waals surface area contributed by atoms with E-state index in [0.717, 1.165) is 25.9 Å². The molecular formula is C16H20N4. The number of rotatable bonds is 8. The third-order valence-electron chi connectivity index (χ3n) is 3.29. The van der Waals surface area contributed by atoms with Gasteiger partial charge in [-0.3, -0.25) is 0 Å². The highest BCUT2D eigenvalue weighted by atomic mass is 15.0. The molecule has 1 aromatic carbocycles. The molecule has 0 spiro atoms. The first kappa shape index (κ1) is 14.3. The molecule has 0 aliphatic carbocycles. The Morgan fingerprint density at radius 2 is 2.10 bits per heavy atom. The maximum Gasteiger partial charge on any atom is 0.0945 e. The highest BCUT2D eigenvalue weighted by Gasteiger charge is 2.09. The SMILES string of the molecule is N#CCC(NCCCCn1ccnc1)c1ccccc1. The Balaban J connectivity index is 1.71. The average molecular weight is 268 g/mol. The summed E-state index contributed by atoms with van der Waals surface area (Å²) in [5.74, 6) is 0. The number of aryl methyl sites for hydroxylation is 1. The zero-order chi connectivity index (χ0) is 14.0. The first-order valence-corrected chi connectivity index (χ1v) is 7.01. The van der Waals surface area contributed by atoms with Crippen molar-refractivity contribution in [1.29, 1.82) is 5.26 Å². The number of nitriles is 1. The van der Waals surface area contributed by atoms with Crippen LogP contribution in [0.1, 0.15) is 30.9 Å². The van der Waals surface area contributed by atoms with Crippen molar-refractivity contribution >= 4 is 0 Å². The Labute approximate surface area is 120 Å². The Kier molecular flexibility index (Phi) is 5.81. The van der Waals surface area contributed by atoms with Gasteiger partial charge < -0.3 is 9.88 Å². The van der Waals surface area contributed by atoms with Crippen LogP contribution in [0.15, 0.2) is 49.1 Å². The predicted molar refractivity (Wildman–Crippen MR) is 78.9 cm³/mol. The van der Waals surface area contributed by atoms with Crippen LogP contribution < -0.4 is 5.32 Å². The fourth-order valence-electron chi connectivity index (χ4n) is 2.20. The molecule has 0 bridgehead atoms. The molecule has 4 nitrogen and oxygen atoms in total. The Bertz CT molecular complexity index is 513. The Morgan fingerprint density at radius 1 is 1.25 bits per heavy atom. The molecule has 4 heteroatoms. The lowest BCUT2D eigenvalue weighted by Crippen LogP contribution is -2.22. The number of benzene rings is 1. The van der Waals surface area contributed by atoms with Gasteiger partial charge in [0.25, 0.3) is 0 Å². The largest absolute Gasteiger partial charge is 0.337 e. The molecule has 1 heterocycles. The van der Waals surface area contributed by atoms with Gasteiger partial charge in [-0.2, -0.15) is 5.26 Å². The lowest BCUT2D eigenvalue weighted by molar-refractivity contribution is 0.505. The third-order valence-corrected chi connectivity index (χ3v) is 3.29. The van der Waals surface area contributed by atoms with E-state index in [-0.39, 0.29) is 6.04 Å². The van der Waals surface area contributed by atoms with Crippen LogP contribution in [-0.4, -0.2) is 16.1 Å². The summed E-state index contributed by atoms with van der Waals surface area (Å²) in [5.41, 5.74) is 1.18. The Hall–Kier alpha value is -2.12. The summed E-state index contributed by atoms with van der Waals surface area (Å²) >= 11 is 0. The minimum atomic E-state index is 0.134. The van der Waals surface area contributed by atoms with Crippen molar-refractivity contribution in [2.24, 2.45) is 0 Å². The minimum absolute atomic E-state index is 0.134. The van der Waals surface area contributed by atoms with Crippen LogP contribution in [0.2, 0.25) is 0 Å². The molecule has 0 saturated heterocycles. The smallest absolute Gasteiger partial charge is 0.0945 e. The third kappa shape index (κ3) is 4.52. The summed E-state index contributed by atoms with van der Waals surface area (Å²) in [4.78, 5) is 4.02. The van der Waals surface area contributed by atoms with E-state index in [1.54, 1.807) is 6.20 Å². The second-order valence-electron chi connectivity index (χ2n) is 4.79. The second kappa shape index (κ2) is 8.13. The monoisotopic (exact) mass is 268 g/mol. The van der Waals surface area contributed by atoms with Crippen LogP contribution in [0, 0.1) is 11.3 Å². The van der Waals surface area contributed by atoms with Crippen molar-refractivity contribution in [2.75, 3.05) is 6.54 Å².